The van der Waals surface area contributed by atoms with Gasteiger partial charge in [0.05, 0.1) is 19.5 Å². The Morgan fingerprint density at radius 2 is 2.05 bits per heavy atom. The summed E-state index contributed by atoms with van der Waals surface area (Å²) in [6, 6.07) is 0. The fourth-order valence-corrected chi connectivity index (χ4v) is 2.20. The molecule has 0 saturated carbocycles. The van der Waals surface area contributed by atoms with Crippen LogP contribution in [0.25, 0.3) is 11.2 Å². The molecule has 0 aliphatic carbocycles. The van der Waals surface area contributed by atoms with Crippen LogP contribution in [0.3, 0.4) is 0 Å². The van der Waals surface area contributed by atoms with Gasteiger partial charge in [-0.3, -0.25) is 4.57 Å². The van der Waals surface area contributed by atoms with E-state index in [-0.39, 0.29) is 19.9 Å². The van der Waals surface area contributed by atoms with Gasteiger partial charge in [0.1, 0.15) is 23.4 Å². The van der Waals surface area contributed by atoms with Gasteiger partial charge in [0.2, 0.25) is 5.95 Å². The average molecular weight is 313 g/mol. The van der Waals surface area contributed by atoms with E-state index in [9.17, 15) is 0 Å². The van der Waals surface area contributed by atoms with E-state index in [1.54, 1.807) is 10.9 Å². The first kappa shape index (κ1) is 16.0. The molecule has 9 heteroatoms. The molecular weight excluding hydrogens is 294 g/mol. The highest BCUT2D eigenvalue weighted by molar-refractivity contribution is 7.98. The van der Waals surface area contributed by atoms with Crippen LogP contribution in [0, 0.1) is 0 Å². The van der Waals surface area contributed by atoms with Crippen molar-refractivity contribution >= 4 is 28.9 Å². The lowest BCUT2D eigenvalue weighted by Gasteiger charge is -2.14. The van der Waals surface area contributed by atoms with Crippen molar-refractivity contribution in [3.63, 3.8) is 0 Å². The number of hydrogen-bond donors (Lipinski definition) is 2. The number of imidazole rings is 1. The molecule has 2 aromatic rings. The Kier molecular flexibility index (Phi) is 5.34. The van der Waals surface area contributed by atoms with E-state index in [1.165, 1.54) is 11.8 Å². The minimum Gasteiger partial charge on any atom is -0.394 e. The molecule has 0 bridgehead atoms. The second kappa shape index (κ2) is 7.03. The predicted molar refractivity (Wildman–Crippen MR) is 80.5 cm³/mol. The molecule has 0 saturated heterocycles. The van der Waals surface area contributed by atoms with Crippen LogP contribution in [-0.2, 0) is 11.5 Å². The molecule has 0 amide bonds. The van der Waals surface area contributed by atoms with Gasteiger partial charge in [-0.25, -0.2) is 9.97 Å². The molecule has 0 aliphatic heterocycles. The molecule has 0 spiro atoms. The van der Waals surface area contributed by atoms with Crippen LogP contribution in [0.1, 0.15) is 0 Å². The van der Waals surface area contributed by atoms with Crippen molar-refractivity contribution in [3.05, 3.63) is 6.33 Å². The van der Waals surface area contributed by atoms with Gasteiger partial charge in [0.15, 0.2) is 5.65 Å². The second-order valence-electron chi connectivity index (χ2n) is 4.60. The molecule has 2 N–H and O–H groups in total. The highest BCUT2D eigenvalue weighted by Crippen LogP contribution is 2.24. The van der Waals surface area contributed by atoms with E-state index in [0.717, 1.165) is 5.03 Å². The van der Waals surface area contributed by atoms with Gasteiger partial charge in [0.25, 0.3) is 0 Å². The number of thioether (sulfide) groups is 1. The first-order valence-corrected chi connectivity index (χ1v) is 7.60. The SMILES string of the molecule is CSc1nc(N(C)C)nc2c1ncn2COC(CO)CO. The summed E-state index contributed by atoms with van der Waals surface area (Å²) in [5.41, 5.74) is 1.37. The van der Waals surface area contributed by atoms with E-state index in [1.807, 2.05) is 25.3 Å². The molecule has 21 heavy (non-hydrogen) atoms. The summed E-state index contributed by atoms with van der Waals surface area (Å²) in [7, 11) is 3.74. The lowest BCUT2D eigenvalue weighted by molar-refractivity contribution is -0.0488. The first-order valence-electron chi connectivity index (χ1n) is 6.38. The van der Waals surface area contributed by atoms with Crippen molar-refractivity contribution in [1.82, 2.24) is 19.5 Å². The quantitative estimate of drug-likeness (QED) is 0.542. The molecule has 116 valence electrons. The van der Waals surface area contributed by atoms with Crippen LogP contribution in [0.4, 0.5) is 5.95 Å². The Morgan fingerprint density at radius 1 is 1.33 bits per heavy atom. The van der Waals surface area contributed by atoms with Crippen molar-refractivity contribution in [2.24, 2.45) is 0 Å². The molecule has 0 radical (unpaired) electrons. The third-order valence-electron chi connectivity index (χ3n) is 2.87. The van der Waals surface area contributed by atoms with Crippen molar-refractivity contribution in [1.29, 1.82) is 0 Å². The van der Waals surface area contributed by atoms with E-state index in [0.29, 0.717) is 17.1 Å². The van der Waals surface area contributed by atoms with Gasteiger partial charge in [0, 0.05) is 14.1 Å². The summed E-state index contributed by atoms with van der Waals surface area (Å²) in [5, 5.41) is 18.8. The van der Waals surface area contributed by atoms with Gasteiger partial charge in [-0.1, -0.05) is 0 Å². The number of fused-ring (bicyclic) bond motifs is 1. The zero-order chi connectivity index (χ0) is 15.4. The lowest BCUT2D eigenvalue weighted by Crippen LogP contribution is -2.23. The molecule has 0 unspecified atom stereocenters. The van der Waals surface area contributed by atoms with Crippen LogP contribution in [0.15, 0.2) is 11.4 Å². The number of aromatic nitrogens is 4. The molecule has 8 nitrogen and oxygen atoms in total. The standard InChI is InChI=1S/C12H19N5O3S/c1-16(2)12-14-10-9(11(15-12)21-3)13-6-17(10)7-20-8(4-18)5-19/h6,8,18-19H,4-5,7H2,1-3H3. The third-order valence-corrected chi connectivity index (χ3v) is 3.54. The molecule has 0 atom stereocenters. The van der Waals surface area contributed by atoms with Crippen LogP contribution in [-0.4, -0.2) is 69.4 Å². The van der Waals surface area contributed by atoms with Gasteiger partial charge in [-0.15, -0.1) is 11.8 Å². The largest absolute Gasteiger partial charge is 0.394 e. The molecule has 2 rings (SSSR count). The highest BCUT2D eigenvalue weighted by Gasteiger charge is 2.15. The normalized spacial score (nSPS) is 11.5. The Labute approximate surface area is 126 Å². The Balaban J connectivity index is 2.34. The van der Waals surface area contributed by atoms with E-state index >= 15 is 0 Å². The zero-order valence-corrected chi connectivity index (χ0v) is 13.0. The minimum atomic E-state index is -0.613. The smallest absolute Gasteiger partial charge is 0.228 e. The predicted octanol–water partition coefficient (Wildman–Crippen LogP) is -0.0585. The summed E-state index contributed by atoms with van der Waals surface area (Å²) >= 11 is 1.50. The summed E-state index contributed by atoms with van der Waals surface area (Å²) in [4.78, 5) is 15.0. The van der Waals surface area contributed by atoms with Crippen molar-refractivity contribution in [2.45, 2.75) is 17.9 Å². The number of aliphatic hydroxyl groups excluding tert-OH is 2. The van der Waals surface area contributed by atoms with Crippen LogP contribution >= 0.6 is 11.8 Å². The maximum absolute atomic E-state index is 9.02. The Hall–Kier alpha value is -1.42. The monoisotopic (exact) mass is 313 g/mol. The summed E-state index contributed by atoms with van der Waals surface area (Å²) < 4.78 is 7.13. The fraction of sp³-hybridized carbons (Fsp3) is 0.583. The molecule has 0 aliphatic rings. The molecular formula is C12H19N5O3S. The second-order valence-corrected chi connectivity index (χ2v) is 5.39. The fourth-order valence-electron chi connectivity index (χ4n) is 1.69. The lowest BCUT2D eigenvalue weighted by atomic mass is 10.4. The first-order chi connectivity index (χ1) is 10.1. The maximum Gasteiger partial charge on any atom is 0.228 e. The Morgan fingerprint density at radius 3 is 2.62 bits per heavy atom. The average Bonchev–Trinajstić information content (AvgIpc) is 2.90. The van der Waals surface area contributed by atoms with Gasteiger partial charge in [-0.2, -0.15) is 4.98 Å². The molecule has 0 fully saturated rings. The van der Waals surface area contributed by atoms with Crippen LogP contribution < -0.4 is 4.90 Å². The highest BCUT2D eigenvalue weighted by atomic mass is 32.2. The minimum absolute atomic E-state index is 0.153. The number of nitrogens with zero attached hydrogens (tertiary/aromatic N) is 5. The Bertz CT molecular complexity index is 600. The number of anilines is 1. The number of ether oxygens (including phenoxy) is 1. The van der Waals surface area contributed by atoms with Crippen molar-refractivity contribution in [2.75, 3.05) is 38.5 Å². The summed E-state index contributed by atoms with van der Waals surface area (Å²) in [5.74, 6) is 0.592. The van der Waals surface area contributed by atoms with Crippen molar-refractivity contribution in [3.8, 4) is 0 Å². The van der Waals surface area contributed by atoms with Gasteiger partial charge < -0.3 is 19.8 Å². The van der Waals surface area contributed by atoms with E-state index in [4.69, 9.17) is 14.9 Å². The van der Waals surface area contributed by atoms with Crippen LogP contribution in [0.2, 0.25) is 0 Å². The van der Waals surface area contributed by atoms with Gasteiger partial charge in [-0.05, 0) is 6.26 Å². The molecule has 0 aromatic carbocycles. The number of hydrogen-bond acceptors (Lipinski definition) is 8. The zero-order valence-electron chi connectivity index (χ0n) is 12.2. The van der Waals surface area contributed by atoms with Crippen molar-refractivity contribution < 1.29 is 14.9 Å². The topological polar surface area (TPSA) is 96.5 Å². The van der Waals surface area contributed by atoms with E-state index < -0.39 is 6.10 Å². The maximum atomic E-state index is 9.02. The van der Waals surface area contributed by atoms with Gasteiger partial charge >= 0.3 is 0 Å². The third kappa shape index (κ3) is 3.43. The summed E-state index contributed by atoms with van der Waals surface area (Å²) in [6.45, 7) is -0.325. The number of aliphatic hydroxyl groups is 2. The molecule has 2 heterocycles. The molecule has 2 aromatic heterocycles. The van der Waals surface area contributed by atoms with Crippen LogP contribution in [0.5, 0.6) is 0 Å². The summed E-state index contributed by atoms with van der Waals surface area (Å²) in [6.07, 6.45) is 2.94. The van der Waals surface area contributed by atoms with E-state index in [2.05, 4.69) is 15.0 Å². The number of rotatable bonds is 7.